The molecule has 0 aliphatic heterocycles. The molecule has 20 heavy (non-hydrogen) atoms. The van der Waals surface area contributed by atoms with Gasteiger partial charge in [-0.2, -0.15) is 0 Å². The summed E-state index contributed by atoms with van der Waals surface area (Å²) in [6.07, 6.45) is 22.2. The third-order valence-corrected chi connectivity index (χ3v) is 4.39. The maximum absolute atomic E-state index is 3.92. The van der Waals surface area contributed by atoms with Crippen LogP contribution in [0.2, 0.25) is 0 Å². The fourth-order valence-corrected chi connectivity index (χ4v) is 2.90. The van der Waals surface area contributed by atoms with Crippen molar-refractivity contribution in [2.24, 2.45) is 5.92 Å². The number of hydrogen-bond donors (Lipinski definition) is 0. The summed E-state index contributed by atoms with van der Waals surface area (Å²) in [5, 5.41) is 0. The lowest BCUT2D eigenvalue weighted by Gasteiger charge is -2.10. The summed E-state index contributed by atoms with van der Waals surface area (Å²) in [4.78, 5) is 0. The van der Waals surface area contributed by atoms with Crippen molar-refractivity contribution in [1.29, 1.82) is 0 Å². The van der Waals surface area contributed by atoms with E-state index < -0.39 is 0 Å². The highest BCUT2D eigenvalue weighted by atomic mass is 14.1. The van der Waals surface area contributed by atoms with E-state index in [1.54, 1.807) is 0 Å². The lowest BCUT2D eigenvalue weighted by atomic mass is 9.97. The Kier molecular flexibility index (Phi) is 17.1. The molecule has 0 fully saturated rings. The highest BCUT2D eigenvalue weighted by molar-refractivity contribution is 4.56. The third-order valence-electron chi connectivity index (χ3n) is 4.39. The van der Waals surface area contributed by atoms with Crippen LogP contribution in [0.3, 0.4) is 0 Å². The van der Waals surface area contributed by atoms with Crippen LogP contribution in [-0.2, 0) is 0 Å². The Bertz CT molecular complexity index is 161. The van der Waals surface area contributed by atoms with Gasteiger partial charge in [-0.05, 0) is 5.92 Å². The van der Waals surface area contributed by atoms with E-state index in [0.29, 0.717) is 0 Å². The van der Waals surface area contributed by atoms with Gasteiger partial charge in [-0.25, -0.2) is 0 Å². The molecule has 0 heterocycles. The molecule has 1 atom stereocenters. The number of rotatable bonds is 16. The van der Waals surface area contributed by atoms with Crippen LogP contribution in [-0.4, -0.2) is 0 Å². The van der Waals surface area contributed by atoms with Crippen LogP contribution in [0.1, 0.15) is 110 Å². The molecule has 0 aliphatic carbocycles. The van der Waals surface area contributed by atoms with E-state index >= 15 is 0 Å². The minimum absolute atomic E-state index is 0.926. The summed E-state index contributed by atoms with van der Waals surface area (Å²) >= 11 is 0. The molecule has 0 saturated heterocycles. The minimum atomic E-state index is 0.926. The SMILES string of the molecule is [CH2]CCCCCCCCCCCCCC(C)CCC[CH2]. The summed E-state index contributed by atoms with van der Waals surface area (Å²) in [5.41, 5.74) is 0. The predicted molar refractivity (Wildman–Crippen MR) is 93.8 cm³/mol. The molecular formula is C20H40. The molecule has 0 aromatic rings. The summed E-state index contributed by atoms with van der Waals surface area (Å²) in [7, 11) is 0. The van der Waals surface area contributed by atoms with Crippen molar-refractivity contribution in [1.82, 2.24) is 0 Å². The first kappa shape index (κ1) is 20.0. The average Bonchev–Trinajstić information content (AvgIpc) is 2.46. The fourth-order valence-electron chi connectivity index (χ4n) is 2.90. The summed E-state index contributed by atoms with van der Waals surface area (Å²) in [5.74, 6) is 0.926. The van der Waals surface area contributed by atoms with Gasteiger partial charge in [-0.15, -0.1) is 0 Å². The van der Waals surface area contributed by atoms with Gasteiger partial charge >= 0.3 is 0 Å². The summed E-state index contributed by atoms with van der Waals surface area (Å²) < 4.78 is 0. The van der Waals surface area contributed by atoms with E-state index in [9.17, 15) is 0 Å². The second kappa shape index (κ2) is 17.1. The molecule has 0 spiro atoms. The maximum atomic E-state index is 3.92. The molecule has 0 bridgehead atoms. The van der Waals surface area contributed by atoms with Gasteiger partial charge in [-0.1, -0.05) is 124 Å². The Labute approximate surface area is 130 Å². The van der Waals surface area contributed by atoms with Crippen LogP contribution in [0.25, 0.3) is 0 Å². The Morgan fingerprint density at radius 2 is 0.850 bits per heavy atom. The van der Waals surface area contributed by atoms with Crippen molar-refractivity contribution in [2.45, 2.75) is 110 Å². The van der Waals surface area contributed by atoms with E-state index in [2.05, 4.69) is 20.8 Å². The zero-order valence-electron chi connectivity index (χ0n) is 14.3. The normalized spacial score (nSPS) is 12.8. The van der Waals surface area contributed by atoms with Gasteiger partial charge in [0, 0.05) is 0 Å². The van der Waals surface area contributed by atoms with Crippen molar-refractivity contribution >= 4 is 0 Å². The first-order valence-corrected chi connectivity index (χ1v) is 9.39. The van der Waals surface area contributed by atoms with E-state index in [1.807, 2.05) is 0 Å². The number of unbranched alkanes of at least 4 members (excludes halogenated alkanes) is 12. The molecule has 0 rings (SSSR count). The summed E-state index contributed by atoms with van der Waals surface area (Å²) in [6.45, 7) is 10.2. The lowest BCUT2D eigenvalue weighted by molar-refractivity contribution is 0.443. The van der Waals surface area contributed by atoms with Crippen LogP contribution in [0, 0.1) is 19.8 Å². The zero-order valence-corrected chi connectivity index (χ0v) is 14.3. The smallest absolute Gasteiger partial charge is 0.0443 e. The van der Waals surface area contributed by atoms with Gasteiger partial charge < -0.3 is 0 Å². The topological polar surface area (TPSA) is 0 Å². The summed E-state index contributed by atoms with van der Waals surface area (Å²) in [6, 6.07) is 0. The van der Waals surface area contributed by atoms with Gasteiger partial charge in [0.25, 0.3) is 0 Å². The lowest BCUT2D eigenvalue weighted by Crippen LogP contribution is -1.94. The van der Waals surface area contributed by atoms with Crippen molar-refractivity contribution in [3.8, 4) is 0 Å². The highest BCUT2D eigenvalue weighted by Crippen LogP contribution is 2.17. The highest BCUT2D eigenvalue weighted by Gasteiger charge is 2.00. The molecule has 1 unspecified atom stereocenters. The predicted octanol–water partition coefficient (Wildman–Crippen LogP) is 7.53. The Balaban J connectivity index is 3.02. The van der Waals surface area contributed by atoms with Crippen LogP contribution in [0.4, 0.5) is 0 Å². The van der Waals surface area contributed by atoms with Crippen molar-refractivity contribution in [2.75, 3.05) is 0 Å². The van der Waals surface area contributed by atoms with Gasteiger partial charge in [0.15, 0.2) is 0 Å². The van der Waals surface area contributed by atoms with Gasteiger partial charge in [0.05, 0.1) is 0 Å². The second-order valence-corrected chi connectivity index (χ2v) is 6.63. The monoisotopic (exact) mass is 280 g/mol. The molecule has 0 amide bonds. The van der Waals surface area contributed by atoms with E-state index in [4.69, 9.17) is 0 Å². The molecule has 0 N–H and O–H groups in total. The fraction of sp³-hybridized carbons (Fsp3) is 0.900. The molecule has 0 saturated carbocycles. The van der Waals surface area contributed by atoms with Crippen LogP contribution < -0.4 is 0 Å². The third kappa shape index (κ3) is 16.1. The maximum Gasteiger partial charge on any atom is -0.0443 e. The van der Waals surface area contributed by atoms with Crippen molar-refractivity contribution < 1.29 is 0 Å². The van der Waals surface area contributed by atoms with Gasteiger partial charge in [-0.3, -0.25) is 0 Å². The van der Waals surface area contributed by atoms with E-state index in [-0.39, 0.29) is 0 Å². The molecule has 0 heteroatoms. The van der Waals surface area contributed by atoms with E-state index in [1.165, 1.54) is 89.9 Å². The molecular weight excluding hydrogens is 240 g/mol. The van der Waals surface area contributed by atoms with Gasteiger partial charge in [0.2, 0.25) is 0 Å². The van der Waals surface area contributed by atoms with Crippen LogP contribution in [0.5, 0.6) is 0 Å². The molecule has 0 aliphatic rings. The molecule has 0 aromatic heterocycles. The van der Waals surface area contributed by atoms with Gasteiger partial charge in [0.1, 0.15) is 0 Å². The molecule has 120 valence electrons. The Hall–Kier alpha value is 0. The quantitative estimate of drug-likeness (QED) is 0.256. The van der Waals surface area contributed by atoms with Crippen LogP contribution >= 0.6 is 0 Å². The van der Waals surface area contributed by atoms with E-state index in [0.717, 1.165) is 18.8 Å². The van der Waals surface area contributed by atoms with Crippen molar-refractivity contribution in [3.63, 3.8) is 0 Å². The second-order valence-electron chi connectivity index (χ2n) is 6.63. The first-order valence-electron chi connectivity index (χ1n) is 9.39. The van der Waals surface area contributed by atoms with Crippen LogP contribution in [0.15, 0.2) is 0 Å². The molecule has 2 radical (unpaired) electrons. The minimum Gasteiger partial charge on any atom is -0.0625 e. The zero-order chi connectivity index (χ0) is 14.9. The first-order chi connectivity index (χ1) is 9.81. The molecule has 0 aromatic carbocycles. The van der Waals surface area contributed by atoms with Crippen molar-refractivity contribution in [3.05, 3.63) is 13.8 Å². The molecule has 0 nitrogen and oxygen atoms in total. The Morgan fingerprint density at radius 3 is 1.30 bits per heavy atom. The largest absolute Gasteiger partial charge is 0.0625 e. The standard InChI is InChI=1S/C20H40/c1-4-6-8-9-10-11-12-13-14-15-16-17-19-20(3)18-7-5-2/h20H,1-2,4-19H2,3H3. The average molecular weight is 281 g/mol. The number of hydrogen-bond acceptors (Lipinski definition) is 0. The Morgan fingerprint density at radius 1 is 0.500 bits per heavy atom.